The van der Waals surface area contributed by atoms with E-state index in [0.717, 1.165) is 30.1 Å². The van der Waals surface area contributed by atoms with E-state index in [9.17, 15) is 4.79 Å². The van der Waals surface area contributed by atoms with Crippen molar-refractivity contribution in [2.24, 2.45) is 5.92 Å². The molecule has 1 saturated carbocycles. The van der Waals surface area contributed by atoms with Crippen molar-refractivity contribution in [1.29, 1.82) is 0 Å². The van der Waals surface area contributed by atoms with Gasteiger partial charge in [0, 0.05) is 12.7 Å². The second-order valence-electron chi connectivity index (χ2n) is 5.07. The SMILES string of the molecule is Cc1cncc(NC(=O)NCCC2CCCC2)c1. The van der Waals surface area contributed by atoms with Crippen LogP contribution in [-0.4, -0.2) is 17.6 Å². The van der Waals surface area contributed by atoms with Crippen LogP contribution in [0.2, 0.25) is 0 Å². The van der Waals surface area contributed by atoms with E-state index in [4.69, 9.17) is 0 Å². The molecule has 0 bridgehead atoms. The molecule has 1 aromatic rings. The van der Waals surface area contributed by atoms with Gasteiger partial charge in [0.15, 0.2) is 0 Å². The molecule has 2 N–H and O–H groups in total. The Morgan fingerprint density at radius 3 is 2.89 bits per heavy atom. The molecule has 1 fully saturated rings. The van der Waals surface area contributed by atoms with Gasteiger partial charge in [-0.05, 0) is 30.9 Å². The average Bonchev–Trinajstić information content (AvgIpc) is 2.82. The molecule has 18 heavy (non-hydrogen) atoms. The van der Waals surface area contributed by atoms with Crippen molar-refractivity contribution < 1.29 is 4.79 Å². The Hall–Kier alpha value is -1.58. The number of nitrogens with zero attached hydrogens (tertiary/aromatic N) is 1. The normalized spacial score (nSPS) is 15.6. The minimum atomic E-state index is -0.139. The number of hydrogen-bond acceptors (Lipinski definition) is 2. The number of hydrogen-bond donors (Lipinski definition) is 2. The van der Waals surface area contributed by atoms with Gasteiger partial charge in [-0.2, -0.15) is 0 Å². The Morgan fingerprint density at radius 2 is 2.17 bits per heavy atom. The van der Waals surface area contributed by atoms with Crippen molar-refractivity contribution in [2.45, 2.75) is 39.0 Å². The van der Waals surface area contributed by atoms with Crippen LogP contribution in [0.25, 0.3) is 0 Å². The Bertz CT molecular complexity index is 400. The number of pyridine rings is 1. The number of aryl methyl sites for hydroxylation is 1. The molecule has 0 radical (unpaired) electrons. The van der Waals surface area contributed by atoms with E-state index < -0.39 is 0 Å². The van der Waals surface area contributed by atoms with E-state index in [0.29, 0.717) is 0 Å². The van der Waals surface area contributed by atoms with E-state index in [1.807, 2.05) is 13.0 Å². The standard InChI is InChI=1S/C14H21N3O/c1-11-8-13(10-15-9-11)17-14(18)16-7-6-12-4-2-3-5-12/h8-10,12H,2-7H2,1H3,(H2,16,17,18). The minimum absolute atomic E-state index is 0.139. The largest absolute Gasteiger partial charge is 0.338 e. The fraction of sp³-hybridized carbons (Fsp3) is 0.571. The van der Waals surface area contributed by atoms with Gasteiger partial charge in [-0.25, -0.2) is 4.79 Å². The second kappa shape index (κ2) is 6.38. The number of rotatable bonds is 4. The fourth-order valence-electron chi connectivity index (χ4n) is 2.49. The zero-order valence-corrected chi connectivity index (χ0v) is 10.9. The third-order valence-corrected chi connectivity index (χ3v) is 3.45. The molecule has 1 heterocycles. The molecule has 98 valence electrons. The number of aromatic nitrogens is 1. The first-order chi connectivity index (χ1) is 8.74. The van der Waals surface area contributed by atoms with Crippen molar-refractivity contribution in [1.82, 2.24) is 10.3 Å². The summed E-state index contributed by atoms with van der Waals surface area (Å²) >= 11 is 0. The molecule has 0 unspecified atom stereocenters. The molecule has 1 aromatic heterocycles. The molecule has 4 nitrogen and oxygen atoms in total. The highest BCUT2D eigenvalue weighted by molar-refractivity contribution is 5.89. The molecule has 2 rings (SSSR count). The van der Waals surface area contributed by atoms with E-state index in [1.54, 1.807) is 12.4 Å². The predicted molar refractivity (Wildman–Crippen MR) is 72.6 cm³/mol. The van der Waals surface area contributed by atoms with Crippen LogP contribution in [0.4, 0.5) is 10.5 Å². The highest BCUT2D eigenvalue weighted by Crippen LogP contribution is 2.26. The minimum Gasteiger partial charge on any atom is -0.338 e. The number of carbonyl (C=O) groups excluding carboxylic acids is 1. The molecule has 0 atom stereocenters. The van der Waals surface area contributed by atoms with Gasteiger partial charge >= 0.3 is 6.03 Å². The summed E-state index contributed by atoms with van der Waals surface area (Å²) in [4.78, 5) is 15.7. The van der Waals surface area contributed by atoms with Gasteiger partial charge in [-0.1, -0.05) is 25.7 Å². The number of carbonyl (C=O) groups is 1. The van der Waals surface area contributed by atoms with Crippen molar-refractivity contribution in [2.75, 3.05) is 11.9 Å². The van der Waals surface area contributed by atoms with Gasteiger partial charge in [0.2, 0.25) is 0 Å². The monoisotopic (exact) mass is 247 g/mol. The second-order valence-corrected chi connectivity index (χ2v) is 5.07. The third-order valence-electron chi connectivity index (χ3n) is 3.45. The maximum Gasteiger partial charge on any atom is 0.319 e. The van der Waals surface area contributed by atoms with Gasteiger partial charge in [-0.3, -0.25) is 4.98 Å². The summed E-state index contributed by atoms with van der Waals surface area (Å²) in [7, 11) is 0. The van der Waals surface area contributed by atoms with Crippen LogP contribution in [0, 0.1) is 12.8 Å². The summed E-state index contributed by atoms with van der Waals surface area (Å²) in [6, 6.07) is 1.77. The molecule has 0 aliphatic heterocycles. The summed E-state index contributed by atoms with van der Waals surface area (Å²) in [5, 5.41) is 5.70. The van der Waals surface area contributed by atoms with Crippen LogP contribution in [0.3, 0.4) is 0 Å². The Kier molecular flexibility index (Phi) is 4.56. The molecular weight excluding hydrogens is 226 g/mol. The van der Waals surface area contributed by atoms with Crippen molar-refractivity contribution in [3.8, 4) is 0 Å². The van der Waals surface area contributed by atoms with Crippen LogP contribution in [0.15, 0.2) is 18.5 Å². The third kappa shape index (κ3) is 4.02. The van der Waals surface area contributed by atoms with Crippen LogP contribution in [-0.2, 0) is 0 Å². The van der Waals surface area contributed by atoms with Crippen LogP contribution in [0.1, 0.15) is 37.7 Å². The van der Waals surface area contributed by atoms with E-state index in [-0.39, 0.29) is 6.03 Å². The Labute approximate surface area is 108 Å². The van der Waals surface area contributed by atoms with Gasteiger partial charge in [-0.15, -0.1) is 0 Å². The van der Waals surface area contributed by atoms with Gasteiger partial charge < -0.3 is 10.6 Å². The van der Waals surface area contributed by atoms with Gasteiger partial charge in [0.1, 0.15) is 0 Å². The maximum absolute atomic E-state index is 11.6. The van der Waals surface area contributed by atoms with Crippen LogP contribution < -0.4 is 10.6 Å². The van der Waals surface area contributed by atoms with Crippen LogP contribution >= 0.6 is 0 Å². The lowest BCUT2D eigenvalue weighted by molar-refractivity contribution is 0.251. The van der Waals surface area contributed by atoms with E-state index in [2.05, 4.69) is 15.6 Å². The maximum atomic E-state index is 11.6. The molecule has 1 aliphatic rings. The zero-order valence-electron chi connectivity index (χ0n) is 10.9. The smallest absolute Gasteiger partial charge is 0.319 e. The number of anilines is 1. The first-order valence-corrected chi connectivity index (χ1v) is 6.70. The van der Waals surface area contributed by atoms with Gasteiger partial charge in [0.25, 0.3) is 0 Å². The van der Waals surface area contributed by atoms with Gasteiger partial charge in [0.05, 0.1) is 11.9 Å². The Balaban J connectivity index is 1.68. The zero-order chi connectivity index (χ0) is 12.8. The molecular formula is C14H21N3O. The summed E-state index contributed by atoms with van der Waals surface area (Å²) < 4.78 is 0. The molecule has 0 saturated heterocycles. The van der Waals surface area contributed by atoms with Crippen LogP contribution in [0.5, 0.6) is 0 Å². The number of amides is 2. The summed E-state index contributed by atoms with van der Waals surface area (Å²) in [5.74, 6) is 0.811. The number of nitrogens with one attached hydrogen (secondary N) is 2. The lowest BCUT2D eigenvalue weighted by atomic mass is 10.0. The van der Waals surface area contributed by atoms with Crippen molar-refractivity contribution in [3.63, 3.8) is 0 Å². The lowest BCUT2D eigenvalue weighted by Gasteiger charge is -2.10. The summed E-state index contributed by atoms with van der Waals surface area (Å²) in [6.07, 6.45) is 9.88. The highest BCUT2D eigenvalue weighted by atomic mass is 16.2. The van der Waals surface area contributed by atoms with E-state index >= 15 is 0 Å². The topological polar surface area (TPSA) is 54.0 Å². The summed E-state index contributed by atoms with van der Waals surface area (Å²) in [5.41, 5.74) is 1.78. The predicted octanol–water partition coefficient (Wildman–Crippen LogP) is 3.09. The lowest BCUT2D eigenvalue weighted by Crippen LogP contribution is -2.30. The fourth-order valence-corrected chi connectivity index (χ4v) is 2.49. The first-order valence-electron chi connectivity index (χ1n) is 6.70. The molecule has 2 amide bonds. The van der Waals surface area contributed by atoms with Crippen molar-refractivity contribution >= 4 is 11.7 Å². The molecule has 4 heteroatoms. The Morgan fingerprint density at radius 1 is 1.39 bits per heavy atom. The van der Waals surface area contributed by atoms with E-state index in [1.165, 1.54) is 25.7 Å². The quantitative estimate of drug-likeness (QED) is 0.859. The highest BCUT2D eigenvalue weighted by Gasteiger charge is 2.14. The molecule has 0 aromatic carbocycles. The van der Waals surface area contributed by atoms with Crippen molar-refractivity contribution in [3.05, 3.63) is 24.0 Å². The number of urea groups is 1. The molecule has 1 aliphatic carbocycles. The molecule has 0 spiro atoms. The first kappa shape index (κ1) is 12.9. The summed E-state index contributed by atoms with van der Waals surface area (Å²) in [6.45, 7) is 2.71. The average molecular weight is 247 g/mol.